The number of aliphatic hydroxyl groups is 1. The van der Waals surface area contributed by atoms with Gasteiger partial charge in [-0.15, -0.1) is 0 Å². The highest BCUT2D eigenvalue weighted by molar-refractivity contribution is 5.39. The fourth-order valence-corrected chi connectivity index (χ4v) is 1.45. The van der Waals surface area contributed by atoms with E-state index in [0.717, 1.165) is 11.1 Å². The maximum atomic E-state index is 9.80. The van der Waals surface area contributed by atoms with E-state index in [1.54, 1.807) is 6.92 Å². The first-order valence-corrected chi connectivity index (χ1v) is 5.67. The molecule has 0 amide bonds. The molecule has 3 nitrogen and oxygen atoms in total. The van der Waals surface area contributed by atoms with Gasteiger partial charge in [-0.3, -0.25) is 0 Å². The number of rotatable bonds is 5. The molecule has 1 atom stereocenters. The second-order valence-electron chi connectivity index (χ2n) is 4.54. The quantitative estimate of drug-likeness (QED) is 0.715. The molecular weight excluding hydrogens is 202 g/mol. The molecule has 0 spiro atoms. The summed E-state index contributed by atoms with van der Waals surface area (Å²) in [6.45, 7) is 6.73. The monoisotopic (exact) mass is 223 g/mol. The minimum absolute atomic E-state index is 0.339. The van der Waals surface area contributed by atoms with Gasteiger partial charge in [-0.1, -0.05) is 25.1 Å². The van der Waals surface area contributed by atoms with Crippen LogP contribution in [0.4, 0.5) is 0 Å². The summed E-state index contributed by atoms with van der Waals surface area (Å²) in [6, 6.07) is 5.68. The van der Waals surface area contributed by atoms with Crippen molar-refractivity contribution < 1.29 is 10.2 Å². The van der Waals surface area contributed by atoms with Crippen LogP contribution in [0.5, 0.6) is 5.75 Å². The average molecular weight is 223 g/mol. The third-order valence-electron chi connectivity index (χ3n) is 2.90. The highest BCUT2D eigenvalue weighted by Gasteiger charge is 2.16. The molecule has 3 N–H and O–H groups in total. The molecule has 16 heavy (non-hydrogen) atoms. The van der Waals surface area contributed by atoms with Crippen molar-refractivity contribution in [3.8, 4) is 5.75 Å². The van der Waals surface area contributed by atoms with Crippen molar-refractivity contribution in [3.05, 3.63) is 29.3 Å². The van der Waals surface area contributed by atoms with Gasteiger partial charge < -0.3 is 15.5 Å². The van der Waals surface area contributed by atoms with Crippen LogP contribution in [0, 0.1) is 6.92 Å². The number of para-hydroxylation sites is 1. The van der Waals surface area contributed by atoms with Gasteiger partial charge in [0.1, 0.15) is 5.75 Å². The number of aromatic hydroxyl groups is 1. The third kappa shape index (κ3) is 3.51. The molecule has 90 valence electrons. The van der Waals surface area contributed by atoms with Crippen molar-refractivity contribution in [3.63, 3.8) is 0 Å². The van der Waals surface area contributed by atoms with Crippen LogP contribution >= 0.6 is 0 Å². The third-order valence-corrected chi connectivity index (χ3v) is 2.90. The molecule has 1 aromatic rings. The second-order valence-corrected chi connectivity index (χ2v) is 4.54. The van der Waals surface area contributed by atoms with Crippen LogP contribution in [0.25, 0.3) is 0 Å². The SMILES string of the molecule is CCC(C)(O)CNCc1cccc(C)c1O. The van der Waals surface area contributed by atoms with Crippen molar-refractivity contribution in [2.75, 3.05) is 6.54 Å². The topological polar surface area (TPSA) is 52.5 Å². The molecule has 1 aromatic carbocycles. The molecule has 0 radical (unpaired) electrons. The van der Waals surface area contributed by atoms with Crippen LogP contribution in [0.15, 0.2) is 18.2 Å². The van der Waals surface area contributed by atoms with Crippen LogP contribution in [0.2, 0.25) is 0 Å². The van der Waals surface area contributed by atoms with E-state index >= 15 is 0 Å². The Morgan fingerprint density at radius 2 is 2.06 bits per heavy atom. The van der Waals surface area contributed by atoms with Gasteiger partial charge in [0, 0.05) is 18.7 Å². The Morgan fingerprint density at radius 3 is 2.69 bits per heavy atom. The number of benzene rings is 1. The summed E-state index contributed by atoms with van der Waals surface area (Å²) in [6.07, 6.45) is 0.708. The van der Waals surface area contributed by atoms with Crippen LogP contribution in [-0.2, 0) is 6.54 Å². The zero-order valence-corrected chi connectivity index (χ0v) is 10.2. The van der Waals surface area contributed by atoms with E-state index in [1.165, 1.54) is 0 Å². The molecule has 0 aliphatic carbocycles. The van der Waals surface area contributed by atoms with Crippen molar-refractivity contribution in [2.24, 2.45) is 0 Å². The first kappa shape index (κ1) is 13.0. The smallest absolute Gasteiger partial charge is 0.122 e. The predicted octanol–water partition coefficient (Wildman–Crippen LogP) is 1.95. The predicted molar refractivity (Wildman–Crippen MR) is 65.5 cm³/mol. The van der Waals surface area contributed by atoms with E-state index < -0.39 is 5.60 Å². The van der Waals surface area contributed by atoms with Gasteiger partial charge in [0.15, 0.2) is 0 Å². The summed E-state index contributed by atoms with van der Waals surface area (Å²) in [5, 5.41) is 22.7. The minimum atomic E-state index is -0.681. The molecule has 0 fully saturated rings. The zero-order chi connectivity index (χ0) is 12.2. The first-order valence-electron chi connectivity index (χ1n) is 5.67. The summed E-state index contributed by atoms with van der Waals surface area (Å²) in [7, 11) is 0. The largest absolute Gasteiger partial charge is 0.507 e. The molecule has 0 aliphatic heterocycles. The fourth-order valence-electron chi connectivity index (χ4n) is 1.45. The minimum Gasteiger partial charge on any atom is -0.507 e. The van der Waals surface area contributed by atoms with Crippen LogP contribution in [0.1, 0.15) is 31.4 Å². The molecule has 0 bridgehead atoms. The molecule has 0 aromatic heterocycles. The lowest BCUT2D eigenvalue weighted by Crippen LogP contribution is -2.36. The van der Waals surface area contributed by atoms with Gasteiger partial charge in [-0.25, -0.2) is 0 Å². The van der Waals surface area contributed by atoms with Crippen LogP contribution < -0.4 is 5.32 Å². The van der Waals surface area contributed by atoms with Crippen molar-refractivity contribution in [1.82, 2.24) is 5.32 Å². The summed E-state index contributed by atoms with van der Waals surface area (Å²) in [5.41, 5.74) is 1.06. The van der Waals surface area contributed by atoms with E-state index in [2.05, 4.69) is 5.32 Å². The standard InChI is InChI=1S/C13H21NO2/c1-4-13(3,16)9-14-8-11-7-5-6-10(2)12(11)15/h5-7,14-16H,4,8-9H2,1-3H3. The first-order chi connectivity index (χ1) is 7.46. The fraction of sp³-hybridized carbons (Fsp3) is 0.538. The molecule has 0 saturated carbocycles. The Labute approximate surface area is 97.1 Å². The Hall–Kier alpha value is -1.06. The number of aryl methyl sites for hydroxylation is 1. The number of nitrogens with one attached hydrogen (secondary N) is 1. The molecule has 0 heterocycles. The lowest BCUT2D eigenvalue weighted by Gasteiger charge is -2.21. The normalized spacial score (nSPS) is 14.8. The Balaban J connectivity index is 2.53. The number of hydrogen-bond acceptors (Lipinski definition) is 3. The van der Waals surface area contributed by atoms with E-state index in [0.29, 0.717) is 25.3 Å². The lowest BCUT2D eigenvalue weighted by molar-refractivity contribution is 0.0555. The summed E-state index contributed by atoms with van der Waals surface area (Å²) < 4.78 is 0. The summed E-state index contributed by atoms with van der Waals surface area (Å²) in [5.74, 6) is 0.339. The maximum Gasteiger partial charge on any atom is 0.122 e. The Morgan fingerprint density at radius 1 is 1.38 bits per heavy atom. The maximum absolute atomic E-state index is 9.80. The van der Waals surface area contributed by atoms with Crippen LogP contribution in [-0.4, -0.2) is 22.4 Å². The second kappa shape index (κ2) is 5.32. The van der Waals surface area contributed by atoms with Gasteiger partial charge in [-0.2, -0.15) is 0 Å². The van der Waals surface area contributed by atoms with Crippen LogP contribution in [0.3, 0.4) is 0 Å². The highest BCUT2D eigenvalue weighted by atomic mass is 16.3. The van der Waals surface area contributed by atoms with E-state index in [1.807, 2.05) is 32.0 Å². The Kier molecular flexibility index (Phi) is 4.33. The van der Waals surface area contributed by atoms with E-state index in [-0.39, 0.29) is 0 Å². The zero-order valence-electron chi connectivity index (χ0n) is 10.2. The summed E-state index contributed by atoms with van der Waals surface area (Å²) >= 11 is 0. The molecule has 0 saturated heterocycles. The highest BCUT2D eigenvalue weighted by Crippen LogP contribution is 2.21. The summed E-state index contributed by atoms with van der Waals surface area (Å²) in [4.78, 5) is 0. The number of phenolic OH excluding ortho intramolecular Hbond substituents is 1. The van der Waals surface area contributed by atoms with Crippen molar-refractivity contribution >= 4 is 0 Å². The molecule has 3 heteroatoms. The van der Waals surface area contributed by atoms with Gasteiger partial charge in [0.25, 0.3) is 0 Å². The molecular formula is C13H21NO2. The van der Waals surface area contributed by atoms with Crippen molar-refractivity contribution in [1.29, 1.82) is 0 Å². The van der Waals surface area contributed by atoms with Crippen molar-refractivity contribution in [2.45, 2.75) is 39.3 Å². The van der Waals surface area contributed by atoms with Gasteiger partial charge >= 0.3 is 0 Å². The van der Waals surface area contributed by atoms with Gasteiger partial charge in [-0.05, 0) is 25.8 Å². The van der Waals surface area contributed by atoms with Gasteiger partial charge in [0.05, 0.1) is 5.60 Å². The Bertz CT molecular complexity index is 348. The lowest BCUT2D eigenvalue weighted by atomic mass is 10.0. The van der Waals surface area contributed by atoms with E-state index in [9.17, 15) is 10.2 Å². The average Bonchev–Trinajstić information content (AvgIpc) is 2.24. The number of hydrogen-bond donors (Lipinski definition) is 3. The molecule has 1 rings (SSSR count). The molecule has 1 unspecified atom stereocenters. The van der Waals surface area contributed by atoms with E-state index in [4.69, 9.17) is 0 Å². The number of phenols is 1. The molecule has 0 aliphatic rings. The van der Waals surface area contributed by atoms with Gasteiger partial charge in [0.2, 0.25) is 0 Å².